The van der Waals surface area contributed by atoms with E-state index in [2.05, 4.69) is 64.1 Å². The van der Waals surface area contributed by atoms with E-state index in [4.69, 9.17) is 19.4 Å². The van der Waals surface area contributed by atoms with Crippen LogP contribution in [0.1, 0.15) is 43.8 Å². The Hall–Kier alpha value is -2.30. The molecule has 206 valence electrons. The maximum Gasteiger partial charge on any atom is 0.490 e. The van der Waals surface area contributed by atoms with Crippen LogP contribution in [0.15, 0.2) is 53.0 Å². The highest BCUT2D eigenvalue weighted by Crippen LogP contribution is 2.27. The van der Waals surface area contributed by atoms with E-state index in [0.717, 1.165) is 48.5 Å². The number of benzene rings is 2. The van der Waals surface area contributed by atoms with Gasteiger partial charge in [-0.2, -0.15) is 13.2 Å². The lowest BCUT2D eigenvalue weighted by atomic mass is 10.1. The topological polar surface area (TPSA) is 62.2 Å². The number of nitrogens with zero attached hydrogens (tertiary/aromatic N) is 2. The van der Waals surface area contributed by atoms with Gasteiger partial charge in [-0.05, 0) is 88.4 Å². The van der Waals surface area contributed by atoms with Gasteiger partial charge < -0.3 is 24.4 Å². The first-order valence-corrected chi connectivity index (χ1v) is 13.2. The van der Waals surface area contributed by atoms with Crippen molar-refractivity contribution >= 4 is 21.9 Å². The molecule has 1 saturated heterocycles. The van der Waals surface area contributed by atoms with E-state index in [9.17, 15) is 13.2 Å². The van der Waals surface area contributed by atoms with Crippen molar-refractivity contribution < 1.29 is 32.5 Å². The van der Waals surface area contributed by atoms with Crippen molar-refractivity contribution in [2.75, 3.05) is 46.9 Å². The van der Waals surface area contributed by atoms with Crippen LogP contribution in [-0.4, -0.2) is 73.9 Å². The number of carbonyl (C=O) groups is 1. The number of hydrogen-bond donors (Lipinski definition) is 1. The zero-order valence-corrected chi connectivity index (χ0v) is 22.9. The highest BCUT2D eigenvalue weighted by molar-refractivity contribution is 9.10. The summed E-state index contributed by atoms with van der Waals surface area (Å²) < 4.78 is 45.1. The number of ether oxygens (including phenoxy) is 2. The normalized spacial score (nSPS) is 15.0. The second-order valence-corrected chi connectivity index (χ2v) is 10.0. The van der Waals surface area contributed by atoms with Gasteiger partial charge in [0.15, 0.2) is 0 Å². The van der Waals surface area contributed by atoms with Gasteiger partial charge in [-0.3, -0.25) is 0 Å². The molecule has 1 heterocycles. The number of halogens is 4. The van der Waals surface area contributed by atoms with Crippen LogP contribution < -0.4 is 9.47 Å². The van der Waals surface area contributed by atoms with Crippen LogP contribution >= 0.6 is 15.9 Å². The van der Waals surface area contributed by atoms with Crippen molar-refractivity contribution in [1.82, 2.24) is 9.80 Å². The molecule has 3 rings (SSSR count). The molecule has 1 aliphatic rings. The fourth-order valence-corrected chi connectivity index (χ4v) is 4.05. The van der Waals surface area contributed by atoms with Gasteiger partial charge >= 0.3 is 12.1 Å². The highest BCUT2D eigenvalue weighted by atomic mass is 79.9. The summed E-state index contributed by atoms with van der Waals surface area (Å²) in [6, 6.07) is 16.5. The Morgan fingerprint density at radius 1 is 1.03 bits per heavy atom. The predicted octanol–water partition coefficient (Wildman–Crippen LogP) is 6.41. The van der Waals surface area contributed by atoms with E-state index >= 15 is 0 Å². The van der Waals surface area contributed by atoms with Crippen LogP contribution in [0.3, 0.4) is 0 Å². The molecule has 0 radical (unpaired) electrons. The van der Waals surface area contributed by atoms with E-state index in [-0.39, 0.29) is 6.10 Å². The fraction of sp³-hybridized carbons (Fsp3) is 0.519. The standard InChI is InChI=1S/C25H35BrN2O2.C2HF3O2/c1-27(2)19-15-25(30-24-13-9-22(26)10-14-24)21-7-11-23(12-8-21)29-20-6-18-28-16-4-3-5-17-28;3-2(4,5)1(6)7/h7-14,25H,3-6,15-20H2,1-2H3;(H,6,7). The average Bonchev–Trinajstić information content (AvgIpc) is 2.86. The lowest BCUT2D eigenvalue weighted by molar-refractivity contribution is -0.192. The van der Waals surface area contributed by atoms with Gasteiger partial charge in [-0.1, -0.05) is 34.5 Å². The SMILES string of the molecule is CN(C)CCC(Oc1ccc(Br)cc1)c1ccc(OCCCN2CCCCC2)cc1.O=C(O)C(F)(F)F. The Morgan fingerprint density at radius 2 is 1.59 bits per heavy atom. The summed E-state index contributed by atoms with van der Waals surface area (Å²) in [5.41, 5.74) is 1.18. The number of aliphatic carboxylic acids is 1. The summed E-state index contributed by atoms with van der Waals surface area (Å²) in [7, 11) is 4.19. The molecular weight excluding hydrogens is 553 g/mol. The molecule has 0 aromatic heterocycles. The first-order valence-electron chi connectivity index (χ1n) is 12.4. The minimum absolute atomic E-state index is 0.0155. The van der Waals surface area contributed by atoms with Crippen molar-refractivity contribution in [3.05, 3.63) is 58.6 Å². The Labute approximate surface area is 225 Å². The van der Waals surface area contributed by atoms with Crippen molar-refractivity contribution in [2.24, 2.45) is 0 Å². The Kier molecular flexibility index (Phi) is 13.2. The molecule has 37 heavy (non-hydrogen) atoms. The first-order chi connectivity index (χ1) is 17.5. The fourth-order valence-electron chi connectivity index (χ4n) is 3.79. The molecule has 2 aromatic carbocycles. The molecule has 0 bridgehead atoms. The largest absolute Gasteiger partial charge is 0.494 e. The number of piperidine rings is 1. The predicted molar refractivity (Wildman–Crippen MR) is 141 cm³/mol. The lowest BCUT2D eigenvalue weighted by Crippen LogP contribution is -2.31. The first kappa shape index (κ1) is 30.9. The van der Waals surface area contributed by atoms with Crippen LogP contribution in [0, 0.1) is 0 Å². The number of likely N-dealkylation sites (tertiary alicyclic amines) is 1. The zero-order chi connectivity index (χ0) is 27.3. The molecule has 1 N–H and O–H groups in total. The average molecular weight is 589 g/mol. The third-order valence-electron chi connectivity index (χ3n) is 5.76. The van der Waals surface area contributed by atoms with E-state index in [1.807, 2.05) is 24.3 Å². The van der Waals surface area contributed by atoms with Crippen molar-refractivity contribution in [1.29, 1.82) is 0 Å². The van der Waals surface area contributed by atoms with E-state index in [0.29, 0.717) is 0 Å². The third kappa shape index (κ3) is 12.7. The molecule has 10 heteroatoms. The quantitative estimate of drug-likeness (QED) is 0.306. The second-order valence-electron chi connectivity index (χ2n) is 9.13. The Morgan fingerprint density at radius 3 is 2.14 bits per heavy atom. The minimum atomic E-state index is -5.08. The van der Waals surface area contributed by atoms with Gasteiger partial charge in [-0.25, -0.2) is 4.79 Å². The molecule has 1 fully saturated rings. The monoisotopic (exact) mass is 588 g/mol. The summed E-state index contributed by atoms with van der Waals surface area (Å²) in [4.78, 5) is 13.6. The molecular formula is C27H36BrF3N2O4. The van der Waals surface area contributed by atoms with Gasteiger partial charge in [0.25, 0.3) is 0 Å². The maximum atomic E-state index is 10.6. The summed E-state index contributed by atoms with van der Waals surface area (Å²) in [5.74, 6) is -0.931. The Balaban J connectivity index is 0.000000604. The number of rotatable bonds is 11. The molecule has 0 spiro atoms. The summed E-state index contributed by atoms with van der Waals surface area (Å²) >= 11 is 3.48. The summed E-state index contributed by atoms with van der Waals surface area (Å²) in [6.07, 6.45) is 1.03. The molecule has 2 aromatic rings. The lowest BCUT2D eigenvalue weighted by Gasteiger charge is -2.26. The molecule has 0 aliphatic carbocycles. The van der Waals surface area contributed by atoms with Gasteiger partial charge in [0.1, 0.15) is 17.6 Å². The van der Waals surface area contributed by atoms with E-state index < -0.39 is 12.1 Å². The molecule has 1 unspecified atom stereocenters. The van der Waals surface area contributed by atoms with Crippen molar-refractivity contribution in [2.45, 2.75) is 44.4 Å². The highest BCUT2D eigenvalue weighted by Gasteiger charge is 2.38. The summed E-state index contributed by atoms with van der Waals surface area (Å²) in [6.45, 7) is 5.39. The van der Waals surface area contributed by atoms with E-state index in [1.54, 1.807) is 0 Å². The van der Waals surface area contributed by atoms with E-state index in [1.165, 1.54) is 37.9 Å². The van der Waals surface area contributed by atoms with Crippen LogP contribution in [0.25, 0.3) is 0 Å². The van der Waals surface area contributed by atoms with Crippen LogP contribution in [0.2, 0.25) is 0 Å². The number of hydrogen-bond acceptors (Lipinski definition) is 5. The Bertz CT molecular complexity index is 919. The van der Waals surface area contributed by atoms with Crippen molar-refractivity contribution in [3.8, 4) is 11.5 Å². The van der Waals surface area contributed by atoms with Crippen LogP contribution in [0.5, 0.6) is 11.5 Å². The third-order valence-corrected chi connectivity index (χ3v) is 6.29. The minimum Gasteiger partial charge on any atom is -0.494 e. The molecule has 1 aliphatic heterocycles. The van der Waals surface area contributed by atoms with Crippen LogP contribution in [-0.2, 0) is 4.79 Å². The second kappa shape index (κ2) is 15.8. The number of alkyl halides is 3. The van der Waals surface area contributed by atoms with Gasteiger partial charge in [0.05, 0.1) is 6.61 Å². The van der Waals surface area contributed by atoms with Gasteiger partial charge in [0.2, 0.25) is 0 Å². The molecule has 0 saturated carbocycles. The smallest absolute Gasteiger partial charge is 0.490 e. The number of carboxylic acid groups (broad SMARTS) is 1. The van der Waals surface area contributed by atoms with Gasteiger partial charge in [-0.15, -0.1) is 0 Å². The van der Waals surface area contributed by atoms with Crippen LogP contribution in [0.4, 0.5) is 13.2 Å². The van der Waals surface area contributed by atoms with Crippen molar-refractivity contribution in [3.63, 3.8) is 0 Å². The van der Waals surface area contributed by atoms with Gasteiger partial charge in [0, 0.05) is 24.0 Å². The number of carboxylic acids is 1. The zero-order valence-electron chi connectivity index (χ0n) is 21.3. The molecule has 0 amide bonds. The molecule has 1 atom stereocenters. The maximum absolute atomic E-state index is 10.6. The molecule has 6 nitrogen and oxygen atoms in total. The summed E-state index contributed by atoms with van der Waals surface area (Å²) in [5, 5.41) is 7.12.